The zero-order valence-corrected chi connectivity index (χ0v) is 27.9. The molecule has 0 saturated heterocycles. The Morgan fingerprint density at radius 2 is 1.25 bits per heavy atom. The lowest BCUT2D eigenvalue weighted by Crippen LogP contribution is -2.45. The van der Waals surface area contributed by atoms with Crippen molar-refractivity contribution in [1.29, 1.82) is 0 Å². The van der Waals surface area contributed by atoms with Crippen molar-refractivity contribution in [3.05, 3.63) is 119 Å². The highest BCUT2D eigenvalue weighted by atomic mass is 14.8. The minimum absolute atomic E-state index is 0.0148. The maximum Gasteiger partial charge on any atom is 0.0544 e. The van der Waals surface area contributed by atoms with Crippen LogP contribution in [-0.2, 0) is 11.8 Å². The minimum atomic E-state index is -0.294. The van der Waals surface area contributed by atoms with Gasteiger partial charge in [-0.05, 0) is 76.0 Å². The van der Waals surface area contributed by atoms with Crippen LogP contribution in [0.1, 0.15) is 109 Å². The first-order valence-electron chi connectivity index (χ1n) is 17.2. The molecule has 228 valence electrons. The quantitative estimate of drug-likeness (QED) is 0.151. The Labute approximate surface area is 266 Å². The van der Waals surface area contributed by atoms with Crippen molar-refractivity contribution in [1.82, 2.24) is 4.98 Å². The van der Waals surface area contributed by atoms with Gasteiger partial charge in [0.25, 0.3) is 0 Å². The number of fused-ring (bicyclic) bond motifs is 4. The summed E-state index contributed by atoms with van der Waals surface area (Å²) in [4.78, 5) is 4.07. The van der Waals surface area contributed by atoms with E-state index in [0.717, 1.165) is 12.8 Å². The summed E-state index contributed by atoms with van der Waals surface area (Å²) in [7, 11) is 0. The van der Waals surface area contributed by atoms with Crippen LogP contribution in [0.2, 0.25) is 0 Å². The van der Waals surface area contributed by atoms with Crippen LogP contribution in [0.5, 0.6) is 0 Å². The van der Waals surface area contributed by atoms with Crippen LogP contribution >= 0.6 is 0 Å². The predicted octanol–water partition coefficient (Wildman–Crippen LogP) is 12.5. The Balaban J connectivity index is 1.74. The first kappa shape index (κ1) is 30.4. The molecule has 0 fully saturated rings. The molecule has 0 bridgehead atoms. The fraction of sp³-hybridized carbons (Fsp3) is 0.395. The summed E-state index contributed by atoms with van der Waals surface area (Å²) in [6.45, 7) is 14.5. The lowest BCUT2D eigenvalue weighted by Gasteiger charge is -2.49. The molecule has 1 aromatic heterocycles. The van der Waals surface area contributed by atoms with E-state index >= 15 is 0 Å². The third-order valence-electron chi connectivity index (χ3n) is 10.7. The number of H-pyrrole nitrogens is 1. The number of aromatic nitrogens is 1. The molecular weight excluding hydrogens is 530 g/mol. The van der Waals surface area contributed by atoms with Crippen molar-refractivity contribution in [3.63, 3.8) is 0 Å². The number of nitrogens with one attached hydrogen (secondary N) is 1. The van der Waals surface area contributed by atoms with E-state index in [1.165, 1.54) is 94.1 Å². The van der Waals surface area contributed by atoms with Crippen molar-refractivity contribution < 1.29 is 0 Å². The van der Waals surface area contributed by atoms with Gasteiger partial charge in [-0.2, -0.15) is 0 Å². The maximum absolute atomic E-state index is 4.07. The minimum Gasteiger partial charge on any atom is -0.354 e. The van der Waals surface area contributed by atoms with E-state index in [2.05, 4.69) is 144 Å². The molecule has 6 rings (SSSR count). The van der Waals surface area contributed by atoms with Crippen LogP contribution in [-0.4, -0.2) is 4.98 Å². The second kappa shape index (κ2) is 12.1. The van der Waals surface area contributed by atoms with Gasteiger partial charge < -0.3 is 4.98 Å². The van der Waals surface area contributed by atoms with Crippen LogP contribution in [0.4, 0.5) is 0 Å². The number of rotatable bonds is 12. The van der Waals surface area contributed by atoms with Gasteiger partial charge in [0.15, 0.2) is 0 Å². The van der Waals surface area contributed by atoms with E-state index in [9.17, 15) is 0 Å². The van der Waals surface area contributed by atoms with Crippen molar-refractivity contribution in [2.24, 2.45) is 10.8 Å². The van der Waals surface area contributed by atoms with E-state index in [-0.39, 0.29) is 16.2 Å². The van der Waals surface area contributed by atoms with Gasteiger partial charge in [0, 0.05) is 16.5 Å². The Hall–Kier alpha value is -3.58. The van der Waals surface area contributed by atoms with Gasteiger partial charge in [-0.3, -0.25) is 0 Å². The van der Waals surface area contributed by atoms with Gasteiger partial charge >= 0.3 is 0 Å². The van der Waals surface area contributed by atoms with Crippen LogP contribution in [0.25, 0.3) is 33.3 Å². The van der Waals surface area contributed by atoms with Crippen LogP contribution < -0.4 is 0 Å². The standard InChI is InChI=1S/C43H51N/c1-7-10-28-42(6,27-9-3)43(36-22-16-14-20-33(36)34-21-15-17-23-37(34)43)39-35-25-24-31(30-41(4,5)26-8-2)29-38(35)44-40(39)32-18-12-11-13-19-32/h11-25,29,44H,7-10,26-28,30H2,1-6H3. The van der Waals surface area contributed by atoms with Gasteiger partial charge in [-0.25, -0.2) is 0 Å². The molecule has 1 nitrogen and oxygen atoms in total. The first-order valence-corrected chi connectivity index (χ1v) is 17.2. The van der Waals surface area contributed by atoms with E-state index in [4.69, 9.17) is 0 Å². The predicted molar refractivity (Wildman–Crippen MR) is 190 cm³/mol. The molecule has 1 heteroatoms. The molecule has 0 aliphatic heterocycles. The molecule has 5 aromatic rings. The average Bonchev–Trinajstić information content (AvgIpc) is 3.54. The van der Waals surface area contributed by atoms with Gasteiger partial charge in [-0.1, -0.05) is 158 Å². The normalized spacial score (nSPS) is 15.2. The molecule has 4 aromatic carbocycles. The molecule has 1 N–H and O–H groups in total. The third kappa shape index (κ3) is 4.93. The number of benzene rings is 4. The topological polar surface area (TPSA) is 15.8 Å². The molecule has 44 heavy (non-hydrogen) atoms. The first-order chi connectivity index (χ1) is 21.3. The Bertz CT molecular complexity index is 1690. The smallest absolute Gasteiger partial charge is 0.0544 e. The van der Waals surface area contributed by atoms with E-state index in [1.54, 1.807) is 0 Å². The van der Waals surface area contributed by atoms with Crippen molar-refractivity contribution >= 4 is 10.9 Å². The second-order valence-electron chi connectivity index (χ2n) is 14.5. The van der Waals surface area contributed by atoms with Crippen LogP contribution in [0.15, 0.2) is 97.1 Å². The molecule has 0 spiro atoms. The Kier molecular flexibility index (Phi) is 8.35. The Morgan fingerprint density at radius 3 is 1.86 bits per heavy atom. The highest BCUT2D eigenvalue weighted by molar-refractivity contribution is 5.97. The molecule has 0 radical (unpaired) electrons. The Morgan fingerprint density at radius 1 is 0.636 bits per heavy atom. The molecule has 1 aliphatic carbocycles. The molecule has 0 amide bonds. The van der Waals surface area contributed by atoms with Gasteiger partial charge in [-0.15, -0.1) is 0 Å². The molecular formula is C43H51N. The monoisotopic (exact) mass is 581 g/mol. The van der Waals surface area contributed by atoms with Crippen LogP contribution in [0.3, 0.4) is 0 Å². The van der Waals surface area contributed by atoms with Crippen LogP contribution in [0, 0.1) is 10.8 Å². The second-order valence-corrected chi connectivity index (χ2v) is 14.5. The van der Waals surface area contributed by atoms with Crippen molar-refractivity contribution in [2.75, 3.05) is 0 Å². The summed E-state index contributed by atoms with van der Waals surface area (Å²) in [5.41, 5.74) is 12.4. The molecule has 1 atom stereocenters. The number of hydrogen-bond donors (Lipinski definition) is 1. The zero-order chi connectivity index (χ0) is 31.0. The summed E-state index contributed by atoms with van der Waals surface area (Å²) >= 11 is 0. The lowest BCUT2D eigenvalue weighted by molar-refractivity contribution is 0.172. The SMILES string of the molecule is CCCCC(C)(CCC)C1(c2c(-c3ccccc3)[nH]c3cc(CC(C)(C)CCC)ccc23)c2ccccc2-c2ccccc21. The highest BCUT2D eigenvalue weighted by Gasteiger charge is 2.57. The third-order valence-corrected chi connectivity index (χ3v) is 10.7. The maximum atomic E-state index is 4.07. The van der Waals surface area contributed by atoms with Crippen molar-refractivity contribution in [2.45, 2.75) is 98.3 Å². The number of hydrogen-bond acceptors (Lipinski definition) is 0. The van der Waals surface area contributed by atoms with Gasteiger partial charge in [0.05, 0.1) is 11.1 Å². The summed E-state index contributed by atoms with van der Waals surface area (Å²) in [5, 5.41) is 1.37. The fourth-order valence-electron chi connectivity index (χ4n) is 8.96. The van der Waals surface area contributed by atoms with E-state index in [1.807, 2.05) is 0 Å². The molecule has 1 unspecified atom stereocenters. The average molecular weight is 582 g/mol. The van der Waals surface area contributed by atoms with Gasteiger partial charge in [0.2, 0.25) is 0 Å². The lowest BCUT2D eigenvalue weighted by atomic mass is 9.52. The molecule has 1 aliphatic rings. The summed E-state index contributed by atoms with van der Waals surface area (Å²) in [6, 6.07) is 37.1. The fourth-order valence-corrected chi connectivity index (χ4v) is 8.96. The highest BCUT2D eigenvalue weighted by Crippen LogP contribution is 2.65. The zero-order valence-electron chi connectivity index (χ0n) is 27.9. The summed E-state index contributed by atoms with van der Waals surface area (Å²) in [6.07, 6.45) is 9.48. The van der Waals surface area contributed by atoms with E-state index in [0.29, 0.717) is 0 Å². The molecule has 0 saturated carbocycles. The largest absolute Gasteiger partial charge is 0.354 e. The number of aromatic amines is 1. The van der Waals surface area contributed by atoms with Crippen molar-refractivity contribution in [3.8, 4) is 22.4 Å². The van der Waals surface area contributed by atoms with E-state index < -0.39 is 0 Å². The molecule has 1 heterocycles. The number of unbranched alkanes of at least 4 members (excludes halogenated alkanes) is 1. The summed E-state index contributed by atoms with van der Waals surface area (Å²) < 4.78 is 0. The van der Waals surface area contributed by atoms with Gasteiger partial charge in [0.1, 0.15) is 0 Å². The summed E-state index contributed by atoms with van der Waals surface area (Å²) in [5.74, 6) is 0.